The molecule has 1 aliphatic rings. The molecule has 1 aromatic heterocycles. The summed E-state index contributed by atoms with van der Waals surface area (Å²) in [5.74, 6) is 0.127. The summed E-state index contributed by atoms with van der Waals surface area (Å²) < 4.78 is 31.9. The fourth-order valence-corrected chi connectivity index (χ4v) is 4.80. The fraction of sp³-hybridized carbons (Fsp3) is 0.714. The molecule has 120 valence electrons. The molecule has 0 aliphatic carbocycles. The van der Waals surface area contributed by atoms with Crippen molar-refractivity contribution in [1.29, 1.82) is 0 Å². The standard InChI is InChI=1S/C14H24N2O3S2/c1-11-9-16(10-12(2)19-11)21(17,18)8-6-15-13(3)14-5-4-7-20-14/h4-5,7,11-13,15H,6,8-10H2,1-3H3/t11-,12-,13+/m1/s1. The average molecular weight is 332 g/mol. The topological polar surface area (TPSA) is 58.6 Å². The Kier molecular flexibility index (Phi) is 5.79. The van der Waals surface area contributed by atoms with Crippen LogP contribution in [0, 0.1) is 0 Å². The fourth-order valence-electron chi connectivity index (χ4n) is 2.53. The number of nitrogens with zero attached hydrogens (tertiary/aromatic N) is 1. The number of nitrogens with one attached hydrogen (secondary N) is 1. The van der Waals surface area contributed by atoms with Gasteiger partial charge in [-0.25, -0.2) is 8.42 Å². The van der Waals surface area contributed by atoms with Crippen LogP contribution in [0.1, 0.15) is 31.7 Å². The van der Waals surface area contributed by atoms with E-state index in [-0.39, 0.29) is 24.0 Å². The second kappa shape index (κ2) is 7.19. The molecule has 5 nitrogen and oxygen atoms in total. The van der Waals surface area contributed by atoms with E-state index in [0.29, 0.717) is 19.6 Å². The highest BCUT2D eigenvalue weighted by atomic mass is 32.2. The van der Waals surface area contributed by atoms with E-state index in [4.69, 9.17) is 4.74 Å². The predicted octanol–water partition coefficient (Wildman–Crippen LogP) is 1.84. The number of ether oxygens (including phenoxy) is 1. The van der Waals surface area contributed by atoms with Crippen molar-refractivity contribution in [1.82, 2.24) is 9.62 Å². The lowest BCUT2D eigenvalue weighted by atomic mass is 10.3. The molecule has 3 atom stereocenters. The zero-order chi connectivity index (χ0) is 15.5. The predicted molar refractivity (Wildman–Crippen MR) is 86.1 cm³/mol. The number of morpholine rings is 1. The lowest BCUT2D eigenvalue weighted by Crippen LogP contribution is -2.49. The summed E-state index contributed by atoms with van der Waals surface area (Å²) in [5.41, 5.74) is 0. The second-order valence-corrected chi connectivity index (χ2v) is 8.65. The van der Waals surface area contributed by atoms with Crippen LogP contribution in [0.4, 0.5) is 0 Å². The highest BCUT2D eigenvalue weighted by Crippen LogP contribution is 2.18. The van der Waals surface area contributed by atoms with Crippen LogP contribution in [0.15, 0.2) is 17.5 Å². The maximum atomic E-state index is 12.4. The summed E-state index contributed by atoms with van der Waals surface area (Å²) in [6, 6.07) is 4.25. The highest BCUT2D eigenvalue weighted by molar-refractivity contribution is 7.89. The van der Waals surface area contributed by atoms with Crippen molar-refractivity contribution in [3.8, 4) is 0 Å². The van der Waals surface area contributed by atoms with Crippen LogP contribution in [0.5, 0.6) is 0 Å². The van der Waals surface area contributed by atoms with Gasteiger partial charge < -0.3 is 10.1 Å². The first kappa shape index (κ1) is 16.9. The van der Waals surface area contributed by atoms with Gasteiger partial charge in [-0.15, -0.1) is 11.3 Å². The average Bonchev–Trinajstić information content (AvgIpc) is 2.91. The van der Waals surface area contributed by atoms with Crippen LogP contribution in [0.2, 0.25) is 0 Å². The maximum Gasteiger partial charge on any atom is 0.215 e. The van der Waals surface area contributed by atoms with E-state index in [1.165, 1.54) is 4.88 Å². The van der Waals surface area contributed by atoms with Crippen LogP contribution in [0.3, 0.4) is 0 Å². The maximum absolute atomic E-state index is 12.4. The van der Waals surface area contributed by atoms with Gasteiger partial charge in [0.15, 0.2) is 0 Å². The van der Waals surface area contributed by atoms with Crippen molar-refractivity contribution in [2.45, 2.75) is 39.0 Å². The molecule has 1 saturated heterocycles. The molecule has 0 saturated carbocycles. The molecular formula is C14H24N2O3S2. The summed E-state index contributed by atoms with van der Waals surface area (Å²) in [6.07, 6.45) is -0.0805. The molecular weight excluding hydrogens is 308 g/mol. The van der Waals surface area contributed by atoms with Crippen LogP contribution >= 0.6 is 11.3 Å². The van der Waals surface area contributed by atoms with E-state index >= 15 is 0 Å². The summed E-state index contributed by atoms with van der Waals surface area (Å²) in [5, 5.41) is 5.30. The minimum atomic E-state index is -3.22. The normalized spacial score (nSPS) is 25.9. The van der Waals surface area contributed by atoms with Gasteiger partial charge in [0.2, 0.25) is 10.0 Å². The molecule has 1 fully saturated rings. The lowest BCUT2D eigenvalue weighted by Gasteiger charge is -2.34. The van der Waals surface area contributed by atoms with Crippen LogP contribution < -0.4 is 5.32 Å². The Bertz CT molecular complexity index is 520. The third kappa shape index (κ3) is 4.75. The highest BCUT2D eigenvalue weighted by Gasteiger charge is 2.30. The van der Waals surface area contributed by atoms with Crippen molar-refractivity contribution in [2.24, 2.45) is 0 Å². The van der Waals surface area contributed by atoms with E-state index in [0.717, 1.165) is 0 Å². The Hall–Kier alpha value is -0.470. The summed E-state index contributed by atoms with van der Waals surface area (Å²) in [4.78, 5) is 1.22. The zero-order valence-corrected chi connectivity index (χ0v) is 14.4. The van der Waals surface area contributed by atoms with Crippen molar-refractivity contribution in [3.63, 3.8) is 0 Å². The van der Waals surface area contributed by atoms with Gasteiger partial charge in [-0.3, -0.25) is 0 Å². The van der Waals surface area contributed by atoms with E-state index in [9.17, 15) is 8.42 Å². The molecule has 1 aliphatic heterocycles. The largest absolute Gasteiger partial charge is 0.373 e. The second-order valence-electron chi connectivity index (χ2n) is 5.58. The molecule has 1 N–H and O–H groups in total. The molecule has 1 aromatic rings. The zero-order valence-electron chi connectivity index (χ0n) is 12.8. The van der Waals surface area contributed by atoms with Crippen molar-refractivity contribution in [3.05, 3.63) is 22.4 Å². The minimum absolute atomic E-state index is 0.0403. The van der Waals surface area contributed by atoms with Crippen molar-refractivity contribution in [2.75, 3.05) is 25.4 Å². The van der Waals surface area contributed by atoms with Gasteiger partial charge in [-0.1, -0.05) is 6.07 Å². The molecule has 7 heteroatoms. The molecule has 0 amide bonds. The molecule has 0 spiro atoms. The Morgan fingerprint density at radius 3 is 2.67 bits per heavy atom. The Balaban J connectivity index is 1.84. The summed E-state index contributed by atoms with van der Waals surface area (Å²) >= 11 is 1.68. The lowest BCUT2D eigenvalue weighted by molar-refractivity contribution is -0.0440. The van der Waals surface area contributed by atoms with Crippen molar-refractivity contribution < 1.29 is 13.2 Å². The van der Waals surface area contributed by atoms with Gasteiger partial charge in [0, 0.05) is 30.6 Å². The SMILES string of the molecule is C[C@@H]1CN(S(=O)(=O)CCN[C@@H](C)c2cccs2)C[C@@H](C)O1. The molecule has 0 bridgehead atoms. The van der Waals surface area contributed by atoms with Gasteiger partial charge in [-0.05, 0) is 32.2 Å². The molecule has 21 heavy (non-hydrogen) atoms. The first-order chi connectivity index (χ1) is 9.88. The Morgan fingerprint density at radius 1 is 1.43 bits per heavy atom. The first-order valence-electron chi connectivity index (χ1n) is 7.28. The number of hydrogen-bond donors (Lipinski definition) is 1. The van der Waals surface area contributed by atoms with Crippen molar-refractivity contribution >= 4 is 21.4 Å². The molecule has 0 aromatic carbocycles. The van der Waals surface area contributed by atoms with E-state index in [1.807, 2.05) is 25.3 Å². The number of rotatable bonds is 6. The van der Waals surface area contributed by atoms with Gasteiger partial charge in [0.25, 0.3) is 0 Å². The number of hydrogen-bond acceptors (Lipinski definition) is 5. The molecule has 2 rings (SSSR count). The monoisotopic (exact) mass is 332 g/mol. The van der Waals surface area contributed by atoms with Gasteiger partial charge in [0.05, 0.1) is 18.0 Å². The van der Waals surface area contributed by atoms with Crippen LogP contribution in [0.25, 0.3) is 0 Å². The summed E-state index contributed by atoms with van der Waals surface area (Å²) in [6.45, 7) is 7.24. The Morgan fingerprint density at radius 2 is 2.10 bits per heavy atom. The molecule has 0 unspecified atom stereocenters. The first-order valence-corrected chi connectivity index (χ1v) is 9.77. The quantitative estimate of drug-likeness (QED) is 0.863. The van der Waals surface area contributed by atoms with E-state index < -0.39 is 10.0 Å². The van der Waals surface area contributed by atoms with Gasteiger partial charge >= 0.3 is 0 Å². The number of thiophene rings is 1. The van der Waals surface area contributed by atoms with Crippen LogP contribution in [-0.4, -0.2) is 50.3 Å². The van der Waals surface area contributed by atoms with Gasteiger partial charge in [-0.2, -0.15) is 4.31 Å². The smallest absolute Gasteiger partial charge is 0.215 e. The van der Waals surface area contributed by atoms with Gasteiger partial charge in [0.1, 0.15) is 0 Å². The molecule has 2 heterocycles. The minimum Gasteiger partial charge on any atom is -0.373 e. The third-order valence-electron chi connectivity index (χ3n) is 3.56. The summed E-state index contributed by atoms with van der Waals surface area (Å²) in [7, 11) is -3.22. The molecule has 0 radical (unpaired) electrons. The third-order valence-corrected chi connectivity index (χ3v) is 6.42. The Labute approximate surface area is 131 Å². The van der Waals surface area contributed by atoms with E-state index in [1.54, 1.807) is 15.6 Å². The number of sulfonamides is 1. The van der Waals surface area contributed by atoms with Crippen LogP contribution in [-0.2, 0) is 14.8 Å². The van der Waals surface area contributed by atoms with E-state index in [2.05, 4.69) is 18.3 Å².